The molecule has 0 saturated heterocycles. The van der Waals surface area contributed by atoms with Gasteiger partial charge in [-0.1, -0.05) is 178 Å². The molecule has 262 valence electrons. The van der Waals surface area contributed by atoms with E-state index in [1.807, 2.05) is 0 Å². The lowest BCUT2D eigenvalue weighted by Gasteiger charge is -2.21. The lowest BCUT2D eigenvalue weighted by Crippen LogP contribution is -2.14. The second-order valence-corrected chi connectivity index (χ2v) is 15.7. The zero-order valence-electron chi connectivity index (χ0n) is 31.1. The summed E-state index contributed by atoms with van der Waals surface area (Å²) in [6.07, 6.45) is 0. The monoisotopic (exact) mass is 713 g/mol. The van der Waals surface area contributed by atoms with Crippen molar-refractivity contribution in [1.29, 1.82) is 0 Å². The number of hydrogen-bond acceptors (Lipinski definition) is 2. The third-order valence-corrected chi connectivity index (χ3v) is 12.4. The topological polar surface area (TPSA) is 30.7 Å². The highest BCUT2D eigenvalue weighted by atomic mass is 15.2. The van der Waals surface area contributed by atoms with Crippen molar-refractivity contribution in [2.45, 2.75) is 19.3 Å². The van der Waals surface area contributed by atoms with Crippen molar-refractivity contribution in [2.24, 2.45) is 0 Å². The third-order valence-electron chi connectivity index (χ3n) is 12.4. The van der Waals surface area contributed by atoms with E-state index in [0.29, 0.717) is 5.95 Å². The van der Waals surface area contributed by atoms with Gasteiger partial charge in [-0.2, -0.15) is 0 Å². The first kappa shape index (κ1) is 31.3. The average molecular weight is 714 g/mol. The second kappa shape index (κ2) is 11.5. The van der Waals surface area contributed by atoms with Crippen molar-refractivity contribution in [3.8, 4) is 39.5 Å². The molecule has 1 aliphatic carbocycles. The molecule has 9 aromatic carbocycles. The molecular formula is C53H35N3. The minimum absolute atomic E-state index is 0.109. The van der Waals surface area contributed by atoms with Crippen LogP contribution in [-0.2, 0) is 5.41 Å². The molecule has 0 N–H and O–H groups in total. The van der Waals surface area contributed by atoms with E-state index in [1.54, 1.807) is 0 Å². The molecule has 0 aliphatic heterocycles. The maximum Gasteiger partial charge on any atom is 0.235 e. The van der Waals surface area contributed by atoms with Crippen molar-refractivity contribution in [3.63, 3.8) is 0 Å². The van der Waals surface area contributed by atoms with E-state index in [4.69, 9.17) is 9.97 Å². The van der Waals surface area contributed by atoms with Gasteiger partial charge in [0.25, 0.3) is 0 Å². The summed E-state index contributed by atoms with van der Waals surface area (Å²) in [5.41, 5.74) is 12.8. The van der Waals surface area contributed by atoms with Crippen LogP contribution in [0.3, 0.4) is 0 Å². The largest absolute Gasteiger partial charge is 0.277 e. The lowest BCUT2D eigenvalue weighted by molar-refractivity contribution is 0.661. The number of hydrogen-bond donors (Lipinski definition) is 0. The summed E-state index contributed by atoms with van der Waals surface area (Å²) in [5.74, 6) is 0.662. The van der Waals surface area contributed by atoms with Gasteiger partial charge in [0.2, 0.25) is 5.95 Å². The van der Waals surface area contributed by atoms with E-state index in [1.165, 1.54) is 60.1 Å². The van der Waals surface area contributed by atoms with E-state index < -0.39 is 0 Å². The van der Waals surface area contributed by atoms with Gasteiger partial charge < -0.3 is 0 Å². The van der Waals surface area contributed by atoms with Crippen LogP contribution in [0.1, 0.15) is 25.0 Å². The Balaban J connectivity index is 1.22. The van der Waals surface area contributed by atoms with Crippen LogP contribution >= 0.6 is 0 Å². The number of nitrogens with zero attached hydrogens (tertiary/aromatic N) is 3. The summed E-state index contributed by atoms with van der Waals surface area (Å²) >= 11 is 0. The number of aromatic nitrogens is 3. The molecule has 2 aromatic heterocycles. The number of para-hydroxylation sites is 1. The third kappa shape index (κ3) is 4.28. The maximum absolute atomic E-state index is 5.57. The Labute approximate surface area is 324 Å². The molecule has 0 atom stereocenters. The van der Waals surface area contributed by atoms with Gasteiger partial charge in [-0.05, 0) is 61.5 Å². The van der Waals surface area contributed by atoms with Gasteiger partial charge in [0.05, 0.1) is 22.2 Å². The summed E-state index contributed by atoms with van der Waals surface area (Å²) in [6, 6.07) is 64.0. The van der Waals surface area contributed by atoms with Gasteiger partial charge in [-0.15, -0.1) is 0 Å². The number of rotatable bonds is 3. The van der Waals surface area contributed by atoms with E-state index in [0.717, 1.165) is 49.5 Å². The minimum atomic E-state index is -0.109. The highest BCUT2D eigenvalue weighted by Crippen LogP contribution is 2.53. The van der Waals surface area contributed by atoms with E-state index >= 15 is 0 Å². The Morgan fingerprint density at radius 2 is 1.02 bits per heavy atom. The molecule has 3 heteroatoms. The zero-order chi connectivity index (χ0) is 37.1. The molecule has 0 amide bonds. The molecule has 0 saturated carbocycles. The fourth-order valence-electron chi connectivity index (χ4n) is 9.72. The summed E-state index contributed by atoms with van der Waals surface area (Å²) < 4.78 is 2.36. The highest BCUT2D eigenvalue weighted by molar-refractivity contribution is 6.21. The summed E-state index contributed by atoms with van der Waals surface area (Å²) in [5, 5.41) is 10.6. The summed E-state index contributed by atoms with van der Waals surface area (Å²) in [6.45, 7) is 4.72. The van der Waals surface area contributed by atoms with Crippen LogP contribution in [0.15, 0.2) is 176 Å². The van der Waals surface area contributed by atoms with E-state index in [2.05, 4.69) is 194 Å². The fourth-order valence-corrected chi connectivity index (χ4v) is 9.72. The molecule has 12 rings (SSSR count). The Hall–Kier alpha value is -7.10. The van der Waals surface area contributed by atoms with E-state index in [9.17, 15) is 0 Å². The molecular weight excluding hydrogens is 679 g/mol. The normalized spacial score (nSPS) is 13.3. The van der Waals surface area contributed by atoms with Gasteiger partial charge in [0.1, 0.15) is 0 Å². The van der Waals surface area contributed by atoms with Crippen LogP contribution in [0, 0.1) is 0 Å². The number of benzene rings is 9. The van der Waals surface area contributed by atoms with Crippen LogP contribution in [0.5, 0.6) is 0 Å². The van der Waals surface area contributed by atoms with Crippen LogP contribution in [0.4, 0.5) is 0 Å². The zero-order valence-corrected chi connectivity index (χ0v) is 31.1. The first-order valence-corrected chi connectivity index (χ1v) is 19.4. The van der Waals surface area contributed by atoms with Crippen molar-refractivity contribution < 1.29 is 0 Å². The van der Waals surface area contributed by atoms with Crippen LogP contribution < -0.4 is 0 Å². The standard InChI is InChI=1S/C53H35N3/c1-53(2)45-29-26-36(31-44(45)47-37-18-9-6-13-32(37)25-30-46(47)53)40-21-12-22-41-42-27-23-34-15-8-11-20-39(34)50(42)56(51(40)41)52-54-48(35-16-4-3-5-17-35)43-28-24-33-14-7-10-19-38(33)49(43)55-52/h3-31H,1-2H3. The predicted octanol–water partition coefficient (Wildman–Crippen LogP) is 13.8. The molecule has 0 fully saturated rings. The molecule has 0 radical (unpaired) electrons. The summed E-state index contributed by atoms with van der Waals surface area (Å²) in [7, 11) is 0. The Kier molecular flexibility index (Phi) is 6.40. The Morgan fingerprint density at radius 3 is 1.82 bits per heavy atom. The molecule has 11 aromatic rings. The fraction of sp³-hybridized carbons (Fsp3) is 0.0566. The van der Waals surface area contributed by atoms with Gasteiger partial charge in [-0.25, -0.2) is 9.97 Å². The highest BCUT2D eigenvalue weighted by Gasteiger charge is 2.36. The van der Waals surface area contributed by atoms with Crippen LogP contribution in [-0.4, -0.2) is 14.5 Å². The lowest BCUT2D eigenvalue weighted by atomic mass is 9.82. The van der Waals surface area contributed by atoms with Crippen molar-refractivity contribution >= 4 is 65.0 Å². The Bertz CT molecular complexity index is 3440. The molecule has 0 unspecified atom stereocenters. The maximum atomic E-state index is 5.57. The van der Waals surface area contributed by atoms with Gasteiger partial charge >= 0.3 is 0 Å². The van der Waals surface area contributed by atoms with Crippen LogP contribution in [0.25, 0.3) is 104 Å². The molecule has 1 aliphatic rings. The summed E-state index contributed by atoms with van der Waals surface area (Å²) in [4.78, 5) is 11.1. The first-order chi connectivity index (χ1) is 27.5. The molecule has 0 spiro atoms. The second-order valence-electron chi connectivity index (χ2n) is 15.7. The van der Waals surface area contributed by atoms with Crippen molar-refractivity contribution in [1.82, 2.24) is 14.5 Å². The SMILES string of the molecule is CC1(C)c2ccc(-c3cccc4c5ccc6ccccc6c5n(-c5nc(-c6ccccc6)c6ccc7ccccc7c6n5)c34)cc2-c2c1ccc1ccccc21. The predicted molar refractivity (Wildman–Crippen MR) is 235 cm³/mol. The molecule has 2 heterocycles. The molecule has 3 nitrogen and oxygen atoms in total. The van der Waals surface area contributed by atoms with Gasteiger partial charge in [0.15, 0.2) is 0 Å². The first-order valence-electron chi connectivity index (χ1n) is 19.4. The minimum Gasteiger partial charge on any atom is -0.277 e. The smallest absolute Gasteiger partial charge is 0.235 e. The Morgan fingerprint density at radius 1 is 0.411 bits per heavy atom. The average Bonchev–Trinajstić information content (AvgIpc) is 3.72. The number of fused-ring (bicyclic) bond motifs is 13. The molecule has 0 bridgehead atoms. The van der Waals surface area contributed by atoms with Crippen LogP contribution in [0.2, 0.25) is 0 Å². The van der Waals surface area contributed by atoms with Gasteiger partial charge in [-0.3, -0.25) is 4.57 Å². The van der Waals surface area contributed by atoms with Crippen molar-refractivity contribution in [3.05, 3.63) is 187 Å². The molecule has 56 heavy (non-hydrogen) atoms. The quantitative estimate of drug-likeness (QED) is 0.171. The van der Waals surface area contributed by atoms with Gasteiger partial charge in [0, 0.05) is 43.5 Å². The van der Waals surface area contributed by atoms with Crippen molar-refractivity contribution in [2.75, 3.05) is 0 Å². The van der Waals surface area contributed by atoms with E-state index in [-0.39, 0.29) is 5.41 Å².